The van der Waals surface area contributed by atoms with Gasteiger partial charge < -0.3 is 10.6 Å². The van der Waals surface area contributed by atoms with E-state index in [1.807, 2.05) is 0 Å². The minimum atomic E-state index is -4.52. The van der Waals surface area contributed by atoms with Crippen molar-refractivity contribution in [2.45, 2.75) is 9.79 Å². The molecule has 0 aliphatic heterocycles. The van der Waals surface area contributed by atoms with E-state index in [0.29, 0.717) is 0 Å². The number of benzene rings is 2. The minimum Gasteiger partial charge on any atom is -0.323 e. The number of rotatable bonds is 6. The molecule has 3 aromatic rings. The van der Waals surface area contributed by atoms with E-state index in [-0.39, 0.29) is 28.6 Å². The van der Waals surface area contributed by atoms with Crippen molar-refractivity contribution in [2.24, 2.45) is 0 Å². The predicted octanol–water partition coefficient (Wildman–Crippen LogP) is 2.51. The average molecular weight is 458 g/mol. The number of hydrogen-bond donors (Lipinski definition) is 4. The van der Waals surface area contributed by atoms with Gasteiger partial charge in [-0.3, -0.25) is 9.11 Å². The molecular weight excluding hydrogens is 446 g/mol. The third-order valence-electron chi connectivity index (χ3n) is 3.43. The Kier molecular flexibility index (Phi) is 5.68. The van der Waals surface area contributed by atoms with Crippen LogP contribution in [0.25, 0.3) is 0 Å². The predicted molar refractivity (Wildman–Crippen MR) is 104 cm³/mol. The summed E-state index contributed by atoms with van der Waals surface area (Å²) in [5.74, 6) is -0.374. The third-order valence-corrected chi connectivity index (χ3v) is 5.42. The molecule has 2 aromatic carbocycles. The van der Waals surface area contributed by atoms with Crippen molar-refractivity contribution in [3.63, 3.8) is 0 Å². The van der Waals surface area contributed by atoms with Crippen molar-refractivity contribution in [2.75, 3.05) is 10.6 Å². The van der Waals surface area contributed by atoms with Gasteiger partial charge in [-0.05, 0) is 35.9 Å². The molecule has 0 atom stereocenters. The first-order valence-corrected chi connectivity index (χ1v) is 10.9. The summed E-state index contributed by atoms with van der Waals surface area (Å²) in [5, 5.41) is 4.90. The van der Waals surface area contributed by atoms with Crippen LogP contribution in [0.1, 0.15) is 0 Å². The van der Waals surface area contributed by atoms with Gasteiger partial charge in [0, 0.05) is 0 Å². The number of aromatic nitrogens is 3. The van der Waals surface area contributed by atoms with Crippen LogP contribution in [0.3, 0.4) is 0 Å². The summed E-state index contributed by atoms with van der Waals surface area (Å²) in [6, 6.07) is 10.9. The first-order chi connectivity index (χ1) is 13.5. The number of para-hydroxylation sites is 2. The van der Waals surface area contributed by atoms with E-state index in [4.69, 9.17) is 11.6 Å². The first kappa shape index (κ1) is 20.9. The maximum atomic E-state index is 11.5. The van der Waals surface area contributed by atoms with E-state index in [0.717, 1.165) is 0 Å². The molecule has 0 amide bonds. The van der Waals surface area contributed by atoms with Crippen molar-refractivity contribution in [3.05, 3.63) is 53.8 Å². The number of hydrogen-bond acceptors (Lipinski definition) is 9. The first-order valence-electron chi connectivity index (χ1n) is 7.63. The fourth-order valence-electron chi connectivity index (χ4n) is 2.29. The van der Waals surface area contributed by atoms with Crippen LogP contribution in [0.15, 0.2) is 58.3 Å². The highest BCUT2D eigenvalue weighted by Crippen LogP contribution is 2.26. The molecule has 0 aliphatic carbocycles. The van der Waals surface area contributed by atoms with Crippen molar-refractivity contribution >= 4 is 55.1 Å². The summed E-state index contributed by atoms with van der Waals surface area (Å²) in [6.45, 7) is 0. The second-order valence-corrected chi connectivity index (χ2v) is 8.56. The Hall–Kier alpha value is -2.84. The number of anilines is 4. The van der Waals surface area contributed by atoms with Crippen molar-refractivity contribution in [1.29, 1.82) is 0 Å². The smallest absolute Gasteiger partial charge is 0.296 e. The molecule has 14 heteroatoms. The van der Waals surface area contributed by atoms with Gasteiger partial charge in [0.25, 0.3) is 20.2 Å². The Morgan fingerprint density at radius 3 is 1.45 bits per heavy atom. The number of halogens is 1. The highest BCUT2D eigenvalue weighted by molar-refractivity contribution is 7.86. The molecule has 0 fully saturated rings. The van der Waals surface area contributed by atoms with Crippen LogP contribution >= 0.6 is 11.6 Å². The lowest BCUT2D eigenvalue weighted by Gasteiger charge is -2.11. The fourth-order valence-corrected chi connectivity index (χ4v) is 3.75. The van der Waals surface area contributed by atoms with Gasteiger partial charge >= 0.3 is 0 Å². The Balaban J connectivity index is 1.98. The Labute approximate surface area is 170 Å². The van der Waals surface area contributed by atoms with Crippen molar-refractivity contribution in [3.8, 4) is 0 Å². The molecule has 3 rings (SSSR count). The summed E-state index contributed by atoms with van der Waals surface area (Å²) < 4.78 is 64.6. The highest BCUT2D eigenvalue weighted by atomic mass is 35.5. The molecule has 0 radical (unpaired) electrons. The molecule has 29 heavy (non-hydrogen) atoms. The standard InChI is InChI=1S/C15H12ClN5O6S2/c16-13-19-14(17-9-5-1-3-7-11(9)28(22,23)24)21-15(20-13)18-10-6-2-4-8-12(10)29(25,26)27/h1-8H,(H,22,23,24)(H,25,26,27)(H2,17,18,19,20,21). The van der Waals surface area contributed by atoms with Gasteiger partial charge in [0.15, 0.2) is 0 Å². The molecule has 4 N–H and O–H groups in total. The number of nitrogens with one attached hydrogen (secondary N) is 2. The van der Waals surface area contributed by atoms with Crippen molar-refractivity contribution in [1.82, 2.24) is 15.0 Å². The molecule has 0 spiro atoms. The van der Waals surface area contributed by atoms with E-state index in [9.17, 15) is 25.9 Å². The summed E-state index contributed by atoms with van der Waals surface area (Å²) in [5.41, 5.74) is -0.0527. The average Bonchev–Trinajstić information content (AvgIpc) is 2.60. The zero-order valence-corrected chi connectivity index (χ0v) is 16.6. The lowest BCUT2D eigenvalue weighted by atomic mass is 10.3. The van der Waals surface area contributed by atoms with Crippen molar-refractivity contribution < 1.29 is 25.9 Å². The second kappa shape index (κ2) is 7.88. The fraction of sp³-hybridized carbons (Fsp3) is 0. The van der Waals surface area contributed by atoms with Crippen LogP contribution in [0, 0.1) is 0 Å². The van der Waals surface area contributed by atoms with Crippen LogP contribution in [0.5, 0.6) is 0 Å². The zero-order chi connectivity index (χ0) is 21.2. The maximum Gasteiger partial charge on any atom is 0.296 e. The normalized spacial score (nSPS) is 11.8. The van der Waals surface area contributed by atoms with Crippen LogP contribution in [-0.4, -0.2) is 40.9 Å². The van der Waals surface area contributed by atoms with Crippen LogP contribution in [0.2, 0.25) is 5.28 Å². The Morgan fingerprint density at radius 1 is 0.690 bits per heavy atom. The number of nitrogens with zero attached hydrogens (tertiary/aromatic N) is 3. The third kappa shape index (κ3) is 5.16. The largest absolute Gasteiger partial charge is 0.323 e. The molecule has 0 unspecified atom stereocenters. The van der Waals surface area contributed by atoms with Crippen LogP contribution in [0.4, 0.5) is 23.3 Å². The van der Waals surface area contributed by atoms with E-state index in [1.54, 1.807) is 0 Å². The molecule has 0 saturated carbocycles. The molecule has 11 nitrogen and oxygen atoms in total. The SMILES string of the molecule is O=S(=O)(O)c1ccccc1Nc1nc(Cl)nc(Nc2ccccc2S(=O)(=O)O)n1. The molecule has 152 valence electrons. The van der Waals surface area contributed by atoms with E-state index in [2.05, 4.69) is 25.6 Å². The quantitative estimate of drug-likeness (QED) is 0.400. The van der Waals surface area contributed by atoms with Gasteiger partial charge in [-0.2, -0.15) is 31.8 Å². The van der Waals surface area contributed by atoms with E-state index in [1.165, 1.54) is 48.5 Å². The molecule has 1 heterocycles. The summed E-state index contributed by atoms with van der Waals surface area (Å²) in [7, 11) is -9.04. The Morgan fingerprint density at radius 2 is 1.07 bits per heavy atom. The Bertz CT molecular complexity index is 1190. The zero-order valence-electron chi connectivity index (χ0n) is 14.2. The van der Waals surface area contributed by atoms with Gasteiger partial charge in [-0.1, -0.05) is 24.3 Å². The second-order valence-electron chi connectivity index (χ2n) is 5.44. The lowest BCUT2D eigenvalue weighted by Crippen LogP contribution is -2.08. The van der Waals surface area contributed by atoms with E-state index >= 15 is 0 Å². The monoisotopic (exact) mass is 457 g/mol. The molecule has 0 bridgehead atoms. The molecule has 0 aliphatic rings. The lowest BCUT2D eigenvalue weighted by molar-refractivity contribution is 0.481. The van der Waals surface area contributed by atoms with Gasteiger partial charge in [-0.15, -0.1) is 0 Å². The topological polar surface area (TPSA) is 171 Å². The molecule has 0 saturated heterocycles. The summed E-state index contributed by atoms with van der Waals surface area (Å²) in [6.07, 6.45) is 0. The van der Waals surface area contributed by atoms with Gasteiger partial charge in [0.1, 0.15) is 9.79 Å². The van der Waals surface area contributed by atoms with Crippen LogP contribution < -0.4 is 10.6 Å². The molecular formula is C15H12ClN5O6S2. The van der Waals surface area contributed by atoms with Gasteiger partial charge in [0.2, 0.25) is 17.2 Å². The minimum absolute atomic E-state index is 0.0263. The summed E-state index contributed by atoms with van der Waals surface area (Å²) >= 11 is 5.86. The van der Waals surface area contributed by atoms with Gasteiger partial charge in [0.05, 0.1) is 11.4 Å². The summed E-state index contributed by atoms with van der Waals surface area (Å²) in [4.78, 5) is 10.8. The van der Waals surface area contributed by atoms with E-state index < -0.39 is 30.0 Å². The van der Waals surface area contributed by atoms with Crippen LogP contribution in [-0.2, 0) is 20.2 Å². The van der Waals surface area contributed by atoms with Gasteiger partial charge in [-0.25, -0.2) is 0 Å². The highest BCUT2D eigenvalue weighted by Gasteiger charge is 2.18. The molecule has 1 aromatic heterocycles. The maximum absolute atomic E-state index is 11.5.